The van der Waals surface area contributed by atoms with Crippen LogP contribution in [0.1, 0.15) is 20.7 Å². The molecule has 184 valence electrons. The average Bonchev–Trinajstić information content (AvgIpc) is 2.79. The van der Waals surface area contributed by atoms with E-state index in [1.807, 2.05) is 0 Å². The molecule has 0 aromatic heterocycles. The van der Waals surface area contributed by atoms with E-state index in [-0.39, 0.29) is 47.0 Å². The highest BCUT2D eigenvalue weighted by Crippen LogP contribution is 2.19. The zero-order valence-electron chi connectivity index (χ0n) is 18.1. The highest BCUT2D eigenvalue weighted by atomic mass is 16.3. The Bertz CT molecular complexity index is 953. The summed E-state index contributed by atoms with van der Waals surface area (Å²) in [5.41, 5.74) is 12.6. The van der Waals surface area contributed by atoms with Gasteiger partial charge < -0.3 is 53.2 Å². The van der Waals surface area contributed by atoms with Crippen LogP contribution in [0.15, 0.2) is 36.4 Å². The van der Waals surface area contributed by atoms with Crippen LogP contribution in [0.2, 0.25) is 0 Å². The van der Waals surface area contributed by atoms with Gasteiger partial charge in [-0.2, -0.15) is 0 Å². The topological polar surface area (TPSA) is 232 Å². The maximum Gasteiger partial charge on any atom is 0.323 e. The number of nitrogens with one attached hydrogen (secondary N) is 4. The van der Waals surface area contributed by atoms with Gasteiger partial charge in [0, 0.05) is 47.0 Å². The highest BCUT2D eigenvalue weighted by molar-refractivity contribution is 6.03. The molecule has 2 aromatic rings. The smallest absolute Gasteiger partial charge is 0.323 e. The molecule has 4 amide bonds. The van der Waals surface area contributed by atoms with Crippen molar-refractivity contribution in [2.45, 2.75) is 12.2 Å². The third-order valence-corrected chi connectivity index (χ3v) is 4.37. The maximum atomic E-state index is 12.4. The van der Waals surface area contributed by atoms with Crippen LogP contribution in [-0.4, -0.2) is 76.8 Å². The molecule has 0 spiro atoms. The number of hydrogen-bond donors (Lipinski definition) is 10. The van der Waals surface area contributed by atoms with Gasteiger partial charge in [-0.1, -0.05) is 0 Å². The van der Waals surface area contributed by atoms with Crippen molar-refractivity contribution in [3.8, 4) is 0 Å². The van der Waals surface area contributed by atoms with Crippen LogP contribution in [0.4, 0.5) is 27.5 Å². The van der Waals surface area contributed by atoms with Crippen LogP contribution in [0.25, 0.3) is 0 Å². The summed E-state index contributed by atoms with van der Waals surface area (Å²) >= 11 is 0. The molecule has 34 heavy (non-hydrogen) atoms. The summed E-state index contributed by atoms with van der Waals surface area (Å²) in [7, 11) is 0. The maximum absolute atomic E-state index is 12.4. The number of amides is 4. The largest absolute Gasteiger partial charge is 0.399 e. The number of anilines is 4. The number of benzene rings is 2. The zero-order chi connectivity index (χ0) is 25.3. The molecule has 0 heterocycles. The minimum absolute atomic E-state index is 0.119. The Morgan fingerprint density at radius 3 is 1.44 bits per heavy atom. The van der Waals surface area contributed by atoms with Crippen LogP contribution in [0, 0.1) is 0 Å². The molecule has 0 fully saturated rings. The molecule has 2 rings (SSSR count). The molecule has 13 nitrogen and oxygen atoms in total. The van der Waals surface area contributed by atoms with E-state index in [0.717, 1.165) is 0 Å². The molecule has 13 heteroatoms. The lowest BCUT2D eigenvalue weighted by atomic mass is 10.1. The minimum atomic E-state index is -1.11. The van der Waals surface area contributed by atoms with Crippen molar-refractivity contribution in [1.82, 2.24) is 10.6 Å². The first-order chi connectivity index (χ1) is 16.1. The Morgan fingerprint density at radius 1 is 0.706 bits per heavy atom. The SMILES string of the molecule is Nc1cc(NC(=O)Nc2cc(N)cc(C(=O)NCC(O)CO)c2)cc(C(=O)NCC(O)CO)c1. The molecule has 0 bridgehead atoms. The number of carbonyl (C=O) groups excluding carboxylic acids is 3. The summed E-state index contributed by atoms with van der Waals surface area (Å²) in [6.45, 7) is -1.36. The summed E-state index contributed by atoms with van der Waals surface area (Å²) in [5.74, 6) is -1.14. The number of hydrogen-bond acceptors (Lipinski definition) is 9. The third-order valence-electron chi connectivity index (χ3n) is 4.37. The Labute approximate surface area is 194 Å². The van der Waals surface area contributed by atoms with E-state index in [1.54, 1.807) is 0 Å². The lowest BCUT2D eigenvalue weighted by Crippen LogP contribution is -2.34. The second kappa shape index (κ2) is 12.4. The first-order valence-corrected chi connectivity index (χ1v) is 10.1. The summed E-state index contributed by atoms with van der Waals surface area (Å²) in [4.78, 5) is 36.9. The highest BCUT2D eigenvalue weighted by Gasteiger charge is 2.14. The number of urea groups is 1. The summed E-state index contributed by atoms with van der Waals surface area (Å²) in [6.07, 6.45) is -2.23. The van der Waals surface area contributed by atoms with Gasteiger partial charge in [0.1, 0.15) is 0 Å². The molecule has 0 aliphatic rings. The van der Waals surface area contributed by atoms with Crippen molar-refractivity contribution in [2.75, 3.05) is 48.4 Å². The second-order valence-electron chi connectivity index (χ2n) is 7.36. The van der Waals surface area contributed by atoms with E-state index < -0.39 is 43.3 Å². The van der Waals surface area contributed by atoms with Gasteiger partial charge in [-0.05, 0) is 36.4 Å². The standard InChI is InChI=1S/C21H28N6O7/c22-13-1-11(19(32)24-7-17(30)9-28)3-15(5-13)26-21(34)27-16-4-12(2-14(23)6-16)20(33)25-8-18(31)10-29/h1-6,17-18,28-31H,7-10,22-23H2,(H,24,32)(H,25,33)(H2,26,27,34). The monoisotopic (exact) mass is 476 g/mol. The van der Waals surface area contributed by atoms with E-state index in [9.17, 15) is 24.6 Å². The quantitative estimate of drug-likeness (QED) is 0.183. The molecule has 2 atom stereocenters. The van der Waals surface area contributed by atoms with Crippen LogP contribution in [0.5, 0.6) is 0 Å². The first kappa shape index (κ1) is 26.3. The van der Waals surface area contributed by atoms with E-state index in [4.69, 9.17) is 21.7 Å². The van der Waals surface area contributed by atoms with E-state index in [2.05, 4.69) is 21.3 Å². The van der Waals surface area contributed by atoms with Crippen molar-refractivity contribution in [1.29, 1.82) is 0 Å². The van der Waals surface area contributed by atoms with Crippen LogP contribution >= 0.6 is 0 Å². The lowest BCUT2D eigenvalue weighted by molar-refractivity contribution is 0.0799. The van der Waals surface area contributed by atoms with E-state index in [0.29, 0.717) is 0 Å². The number of nitrogen functional groups attached to an aromatic ring is 2. The Hall–Kier alpha value is -3.91. The summed E-state index contributed by atoms with van der Waals surface area (Å²) < 4.78 is 0. The fraction of sp³-hybridized carbons (Fsp3) is 0.286. The zero-order valence-corrected chi connectivity index (χ0v) is 18.1. The predicted octanol–water partition coefficient (Wildman–Crippen LogP) is -1.34. The third kappa shape index (κ3) is 8.22. The van der Waals surface area contributed by atoms with Crippen molar-refractivity contribution < 1.29 is 34.8 Å². The average molecular weight is 476 g/mol. The van der Waals surface area contributed by atoms with Gasteiger partial charge in [-0.15, -0.1) is 0 Å². The normalized spacial score (nSPS) is 12.4. The summed E-state index contributed by atoms with van der Waals surface area (Å²) in [6, 6.07) is 7.61. The fourth-order valence-electron chi connectivity index (χ4n) is 2.76. The second-order valence-corrected chi connectivity index (χ2v) is 7.36. The molecular weight excluding hydrogens is 448 g/mol. The van der Waals surface area contributed by atoms with Gasteiger partial charge in [-0.25, -0.2) is 4.79 Å². The Morgan fingerprint density at radius 2 is 1.09 bits per heavy atom. The van der Waals surface area contributed by atoms with Gasteiger partial charge in [0.2, 0.25) is 0 Å². The predicted molar refractivity (Wildman–Crippen MR) is 125 cm³/mol. The van der Waals surface area contributed by atoms with Gasteiger partial charge in [0.05, 0.1) is 25.4 Å². The molecule has 0 aliphatic carbocycles. The lowest BCUT2D eigenvalue weighted by Gasteiger charge is -2.13. The molecule has 12 N–H and O–H groups in total. The Kier molecular flexibility index (Phi) is 9.58. The van der Waals surface area contributed by atoms with Crippen LogP contribution < -0.4 is 32.7 Å². The van der Waals surface area contributed by atoms with Gasteiger partial charge >= 0.3 is 6.03 Å². The van der Waals surface area contributed by atoms with Crippen molar-refractivity contribution in [2.24, 2.45) is 0 Å². The summed E-state index contributed by atoms with van der Waals surface area (Å²) in [5, 5.41) is 46.2. The molecule has 0 saturated carbocycles. The van der Waals surface area contributed by atoms with Crippen LogP contribution in [-0.2, 0) is 0 Å². The van der Waals surface area contributed by atoms with E-state index >= 15 is 0 Å². The van der Waals surface area contributed by atoms with Gasteiger partial charge in [0.25, 0.3) is 11.8 Å². The van der Waals surface area contributed by atoms with E-state index in [1.165, 1.54) is 36.4 Å². The first-order valence-electron chi connectivity index (χ1n) is 10.1. The molecule has 2 aromatic carbocycles. The van der Waals surface area contributed by atoms with Crippen LogP contribution in [0.3, 0.4) is 0 Å². The molecule has 0 radical (unpaired) electrons. The molecular formula is C21H28N6O7. The fourth-order valence-corrected chi connectivity index (χ4v) is 2.76. The van der Waals surface area contributed by atoms with Crippen molar-refractivity contribution in [3.63, 3.8) is 0 Å². The molecule has 0 aliphatic heterocycles. The number of aliphatic hydroxyl groups is 4. The number of aliphatic hydroxyl groups excluding tert-OH is 4. The minimum Gasteiger partial charge on any atom is -0.399 e. The van der Waals surface area contributed by atoms with Gasteiger partial charge in [-0.3, -0.25) is 9.59 Å². The molecule has 0 saturated heterocycles. The number of rotatable bonds is 10. The van der Waals surface area contributed by atoms with Gasteiger partial charge in [0.15, 0.2) is 0 Å². The number of carbonyl (C=O) groups is 3. The Balaban J connectivity index is 2.07. The molecule has 2 unspecified atom stereocenters. The number of nitrogens with two attached hydrogens (primary N) is 2. The van der Waals surface area contributed by atoms with Crippen molar-refractivity contribution in [3.05, 3.63) is 47.5 Å². The van der Waals surface area contributed by atoms with Crippen molar-refractivity contribution >= 4 is 40.6 Å².